The van der Waals surface area contributed by atoms with Gasteiger partial charge in [-0.05, 0) is 49.2 Å². The highest BCUT2D eigenvalue weighted by atomic mass is 35.5. The Kier molecular flexibility index (Phi) is 6.56. The molecule has 0 aliphatic heterocycles. The summed E-state index contributed by atoms with van der Waals surface area (Å²) < 4.78 is 39.3. The zero-order valence-electron chi connectivity index (χ0n) is 16.1. The summed E-state index contributed by atoms with van der Waals surface area (Å²) in [7, 11) is 1.52. The molecule has 158 valence electrons. The van der Waals surface area contributed by atoms with E-state index in [-0.39, 0.29) is 29.5 Å². The molecule has 3 aromatic rings. The van der Waals surface area contributed by atoms with Gasteiger partial charge in [-0.15, -0.1) is 0 Å². The van der Waals surface area contributed by atoms with Gasteiger partial charge in [-0.3, -0.25) is 4.79 Å². The first kappa shape index (κ1) is 21.6. The minimum atomic E-state index is -3.00. The van der Waals surface area contributed by atoms with Crippen LogP contribution in [0.25, 0.3) is 11.0 Å². The van der Waals surface area contributed by atoms with Crippen LogP contribution in [-0.4, -0.2) is 19.6 Å². The molecule has 30 heavy (non-hydrogen) atoms. The molecule has 0 spiro atoms. The van der Waals surface area contributed by atoms with Crippen LogP contribution in [0, 0.1) is 6.92 Å². The van der Waals surface area contributed by atoms with E-state index in [0.29, 0.717) is 22.6 Å². The molecular weight excluding hydrogens is 420 g/mol. The molecule has 6 nitrogen and oxygen atoms in total. The minimum Gasteiger partial charge on any atom is -0.497 e. The third kappa shape index (κ3) is 4.88. The fourth-order valence-corrected chi connectivity index (χ4v) is 3.25. The standard InChI is InChI=1S/C21H18ClF2NO5/c1-11-14-5-4-13(28-2)10-18(14)29-20(27)15(11)6-8-19(26)25-12-3-7-17(16(22)9-12)30-21(23)24/h3-5,7,9-10,21H,6,8H2,1-2H3,(H,25,26). The lowest BCUT2D eigenvalue weighted by Crippen LogP contribution is -2.16. The number of alkyl halides is 2. The predicted octanol–water partition coefficient (Wildman–Crippen LogP) is 4.94. The van der Waals surface area contributed by atoms with Gasteiger partial charge in [-0.2, -0.15) is 8.78 Å². The number of anilines is 1. The number of nitrogens with one attached hydrogen (secondary N) is 1. The van der Waals surface area contributed by atoms with Gasteiger partial charge in [0.25, 0.3) is 0 Å². The number of hydrogen-bond acceptors (Lipinski definition) is 5. The van der Waals surface area contributed by atoms with E-state index < -0.39 is 12.2 Å². The van der Waals surface area contributed by atoms with E-state index in [2.05, 4.69) is 10.1 Å². The van der Waals surface area contributed by atoms with E-state index in [1.807, 2.05) is 0 Å². The second-order valence-corrected chi connectivity index (χ2v) is 6.83. The van der Waals surface area contributed by atoms with Crippen molar-refractivity contribution in [1.82, 2.24) is 0 Å². The highest BCUT2D eigenvalue weighted by molar-refractivity contribution is 6.32. The number of carbonyl (C=O) groups excluding carboxylic acids is 1. The maximum Gasteiger partial charge on any atom is 0.387 e. The molecule has 9 heteroatoms. The van der Waals surface area contributed by atoms with Crippen LogP contribution in [-0.2, 0) is 11.2 Å². The molecule has 0 bridgehead atoms. The Hall–Kier alpha value is -3.13. The van der Waals surface area contributed by atoms with E-state index in [0.717, 1.165) is 10.9 Å². The lowest BCUT2D eigenvalue weighted by atomic mass is 10.0. The summed E-state index contributed by atoms with van der Waals surface area (Å²) in [5.74, 6) is 0.00808. The largest absolute Gasteiger partial charge is 0.497 e. The zero-order valence-corrected chi connectivity index (χ0v) is 16.9. The molecule has 1 heterocycles. The molecule has 1 N–H and O–H groups in total. The van der Waals surface area contributed by atoms with Crippen molar-refractivity contribution >= 4 is 34.2 Å². The number of hydrogen-bond donors (Lipinski definition) is 1. The van der Waals surface area contributed by atoms with Crippen LogP contribution in [0.1, 0.15) is 17.5 Å². The first-order valence-electron chi connectivity index (χ1n) is 8.93. The Morgan fingerprint density at radius 3 is 2.67 bits per heavy atom. The molecule has 0 radical (unpaired) electrons. The average molecular weight is 438 g/mol. The summed E-state index contributed by atoms with van der Waals surface area (Å²) >= 11 is 5.88. The van der Waals surface area contributed by atoms with Crippen molar-refractivity contribution in [2.45, 2.75) is 26.4 Å². The molecule has 0 aliphatic rings. The maximum absolute atomic E-state index is 12.4. The van der Waals surface area contributed by atoms with Gasteiger partial charge in [0.2, 0.25) is 5.91 Å². The number of ether oxygens (including phenoxy) is 2. The quantitative estimate of drug-likeness (QED) is 0.530. The Morgan fingerprint density at radius 2 is 2.00 bits per heavy atom. The van der Waals surface area contributed by atoms with Crippen molar-refractivity contribution in [3.8, 4) is 11.5 Å². The summed E-state index contributed by atoms with van der Waals surface area (Å²) in [4.78, 5) is 24.6. The number of methoxy groups -OCH3 is 1. The van der Waals surface area contributed by atoms with Crippen molar-refractivity contribution in [2.75, 3.05) is 12.4 Å². The number of rotatable bonds is 7. The topological polar surface area (TPSA) is 77.8 Å². The maximum atomic E-state index is 12.4. The van der Waals surface area contributed by atoms with E-state index >= 15 is 0 Å². The molecule has 1 aromatic heterocycles. The third-order valence-corrected chi connectivity index (χ3v) is 4.82. The fourth-order valence-electron chi connectivity index (χ4n) is 3.02. The number of amides is 1. The Labute approximate surface area is 175 Å². The van der Waals surface area contributed by atoms with Crippen LogP contribution < -0.4 is 20.4 Å². The van der Waals surface area contributed by atoms with Gasteiger partial charge in [0.05, 0.1) is 12.1 Å². The van der Waals surface area contributed by atoms with E-state index in [4.69, 9.17) is 20.8 Å². The summed E-state index contributed by atoms with van der Waals surface area (Å²) in [6.45, 7) is -1.21. The van der Waals surface area contributed by atoms with E-state index in [1.165, 1.54) is 25.3 Å². The molecule has 0 fully saturated rings. The average Bonchev–Trinajstić information content (AvgIpc) is 2.69. The van der Waals surface area contributed by atoms with Gasteiger partial charge in [-0.1, -0.05) is 11.6 Å². The van der Waals surface area contributed by atoms with Crippen molar-refractivity contribution < 1.29 is 27.5 Å². The first-order chi connectivity index (χ1) is 14.3. The summed E-state index contributed by atoms with van der Waals surface area (Å²) in [6, 6.07) is 9.12. The molecule has 0 aliphatic carbocycles. The van der Waals surface area contributed by atoms with E-state index in [1.54, 1.807) is 25.1 Å². The summed E-state index contributed by atoms with van der Waals surface area (Å²) in [5.41, 5.74) is 1.35. The second kappa shape index (κ2) is 9.13. The van der Waals surface area contributed by atoms with Crippen molar-refractivity contribution in [1.29, 1.82) is 0 Å². The monoisotopic (exact) mass is 437 g/mol. The Bertz CT molecular complexity index is 1150. The molecule has 0 saturated heterocycles. The van der Waals surface area contributed by atoms with Gasteiger partial charge >= 0.3 is 12.2 Å². The number of fused-ring (bicyclic) bond motifs is 1. The predicted molar refractivity (Wildman–Crippen MR) is 109 cm³/mol. The Balaban J connectivity index is 1.71. The van der Waals surface area contributed by atoms with Crippen LogP contribution >= 0.6 is 11.6 Å². The number of benzene rings is 2. The van der Waals surface area contributed by atoms with E-state index in [9.17, 15) is 18.4 Å². The molecule has 0 unspecified atom stereocenters. The molecule has 3 rings (SSSR count). The first-order valence-corrected chi connectivity index (χ1v) is 9.31. The molecule has 2 aromatic carbocycles. The highest BCUT2D eigenvalue weighted by Gasteiger charge is 2.15. The lowest BCUT2D eigenvalue weighted by Gasteiger charge is -2.11. The second-order valence-electron chi connectivity index (χ2n) is 6.43. The van der Waals surface area contributed by atoms with Gasteiger partial charge < -0.3 is 19.2 Å². The van der Waals surface area contributed by atoms with Gasteiger partial charge in [-0.25, -0.2) is 4.79 Å². The number of aryl methyl sites for hydroxylation is 1. The SMILES string of the molecule is COc1ccc2c(C)c(CCC(=O)Nc3ccc(OC(F)F)c(Cl)c3)c(=O)oc2c1. The molecule has 0 saturated carbocycles. The number of halogens is 3. The van der Waals surface area contributed by atoms with Gasteiger partial charge in [0.1, 0.15) is 17.1 Å². The van der Waals surface area contributed by atoms with Gasteiger partial charge in [0.15, 0.2) is 0 Å². The molecule has 0 atom stereocenters. The smallest absolute Gasteiger partial charge is 0.387 e. The van der Waals surface area contributed by atoms with Crippen LogP contribution in [0.15, 0.2) is 45.6 Å². The van der Waals surface area contributed by atoms with Crippen LogP contribution in [0.4, 0.5) is 14.5 Å². The Morgan fingerprint density at radius 1 is 1.23 bits per heavy atom. The third-order valence-electron chi connectivity index (χ3n) is 4.53. The molecule has 1 amide bonds. The highest BCUT2D eigenvalue weighted by Crippen LogP contribution is 2.29. The zero-order chi connectivity index (χ0) is 21.8. The van der Waals surface area contributed by atoms with Crippen LogP contribution in [0.5, 0.6) is 11.5 Å². The van der Waals surface area contributed by atoms with Crippen LogP contribution in [0.2, 0.25) is 5.02 Å². The van der Waals surface area contributed by atoms with Gasteiger partial charge in [0, 0.05) is 29.1 Å². The summed E-state index contributed by atoms with van der Waals surface area (Å²) in [6.07, 6.45) is 0.183. The number of carbonyl (C=O) groups is 1. The van der Waals surface area contributed by atoms with Crippen LogP contribution in [0.3, 0.4) is 0 Å². The fraction of sp³-hybridized carbons (Fsp3) is 0.238. The van der Waals surface area contributed by atoms with Crippen molar-refractivity contribution in [2.24, 2.45) is 0 Å². The van der Waals surface area contributed by atoms with Crippen molar-refractivity contribution in [3.63, 3.8) is 0 Å². The summed E-state index contributed by atoms with van der Waals surface area (Å²) in [5, 5.41) is 3.31. The lowest BCUT2D eigenvalue weighted by molar-refractivity contribution is -0.116. The normalized spacial score (nSPS) is 11.0. The minimum absolute atomic E-state index is 0.0141. The molecular formula is C21H18ClF2NO5. The van der Waals surface area contributed by atoms with Crippen molar-refractivity contribution in [3.05, 3.63) is 63.0 Å².